The number of alkyl halides is 2. The van der Waals surface area contributed by atoms with E-state index < -0.39 is 45.2 Å². The topological polar surface area (TPSA) is 82.0 Å². The van der Waals surface area contributed by atoms with Crippen LogP contribution in [0.25, 0.3) is 0 Å². The number of hydrogen-bond acceptors (Lipinski definition) is 3. The molecule has 178 valence electrons. The van der Waals surface area contributed by atoms with Gasteiger partial charge in [-0.2, -0.15) is 5.26 Å². The van der Waals surface area contributed by atoms with Gasteiger partial charge in [0.05, 0.1) is 38.8 Å². The highest BCUT2D eigenvalue weighted by molar-refractivity contribution is 6.53. The third kappa shape index (κ3) is 5.07. The zero-order valence-corrected chi connectivity index (χ0v) is 20.4. The van der Waals surface area contributed by atoms with Crippen molar-refractivity contribution in [2.24, 2.45) is 5.92 Å². The molecule has 0 aromatic heterocycles. The van der Waals surface area contributed by atoms with Gasteiger partial charge in [-0.25, -0.2) is 8.78 Å². The highest BCUT2D eigenvalue weighted by atomic mass is 35.5. The molecule has 11 heteroatoms. The fourth-order valence-electron chi connectivity index (χ4n) is 3.65. The Labute approximate surface area is 218 Å². The van der Waals surface area contributed by atoms with Crippen LogP contribution in [-0.4, -0.2) is 16.1 Å². The zero-order chi connectivity index (χ0) is 25.5. The van der Waals surface area contributed by atoms with E-state index in [2.05, 4.69) is 10.6 Å². The maximum absolute atomic E-state index is 14.4. The molecule has 2 amide bonds. The largest absolute Gasteiger partial charge is 0.326 e. The van der Waals surface area contributed by atoms with Crippen LogP contribution >= 0.6 is 46.4 Å². The van der Waals surface area contributed by atoms with Crippen molar-refractivity contribution in [3.8, 4) is 6.07 Å². The first-order valence-electron chi connectivity index (χ1n) is 9.97. The Hall–Kier alpha value is -2.89. The summed E-state index contributed by atoms with van der Waals surface area (Å²) < 4.78 is 27.0. The predicted molar refractivity (Wildman–Crippen MR) is 131 cm³/mol. The summed E-state index contributed by atoms with van der Waals surface area (Å²) in [4.78, 5) is 25.4. The number of nitrogens with zero attached hydrogens (tertiary/aromatic N) is 1. The van der Waals surface area contributed by atoms with Crippen LogP contribution in [0.2, 0.25) is 10.0 Å². The minimum atomic E-state index is -1.41. The number of benzene rings is 3. The maximum atomic E-state index is 14.4. The van der Waals surface area contributed by atoms with Crippen molar-refractivity contribution in [2.75, 3.05) is 10.6 Å². The Morgan fingerprint density at radius 2 is 1.66 bits per heavy atom. The van der Waals surface area contributed by atoms with E-state index in [4.69, 9.17) is 51.7 Å². The van der Waals surface area contributed by atoms with Gasteiger partial charge in [0.15, 0.2) is 0 Å². The lowest BCUT2D eigenvalue weighted by Crippen LogP contribution is -2.19. The summed E-state index contributed by atoms with van der Waals surface area (Å²) in [6, 6.07) is 13.3. The number of nitrogens with one attached hydrogen (secondary N) is 2. The average molecular weight is 555 g/mol. The van der Waals surface area contributed by atoms with E-state index in [1.165, 1.54) is 18.2 Å². The number of amides is 2. The van der Waals surface area contributed by atoms with Crippen LogP contribution in [0.3, 0.4) is 0 Å². The Kier molecular flexibility index (Phi) is 6.94. The molecule has 0 radical (unpaired) electrons. The number of carbonyl (C=O) groups is 2. The summed E-state index contributed by atoms with van der Waals surface area (Å²) in [7, 11) is 0. The third-order valence-electron chi connectivity index (χ3n) is 5.46. The van der Waals surface area contributed by atoms with E-state index in [-0.39, 0.29) is 22.0 Å². The number of hydrogen-bond donors (Lipinski definition) is 2. The van der Waals surface area contributed by atoms with Gasteiger partial charge in [-0.05, 0) is 54.1 Å². The molecule has 1 saturated carbocycles. The monoisotopic (exact) mass is 553 g/mol. The second-order valence-corrected chi connectivity index (χ2v) is 10.0. The van der Waals surface area contributed by atoms with E-state index >= 15 is 0 Å². The van der Waals surface area contributed by atoms with Crippen LogP contribution in [0.5, 0.6) is 0 Å². The van der Waals surface area contributed by atoms with E-state index in [0.717, 1.165) is 18.2 Å². The second-order valence-electron chi connectivity index (χ2n) is 7.75. The van der Waals surface area contributed by atoms with Crippen molar-refractivity contribution < 1.29 is 18.4 Å². The minimum absolute atomic E-state index is 0.0605. The molecule has 1 aliphatic rings. The van der Waals surface area contributed by atoms with E-state index in [9.17, 15) is 18.4 Å². The number of halogens is 6. The van der Waals surface area contributed by atoms with E-state index in [1.54, 1.807) is 24.3 Å². The van der Waals surface area contributed by atoms with E-state index in [0.29, 0.717) is 10.6 Å². The fraction of sp³-hybridized carbons (Fsp3) is 0.125. The van der Waals surface area contributed by atoms with Gasteiger partial charge in [-0.1, -0.05) is 29.3 Å². The molecule has 1 aliphatic carbocycles. The number of rotatable bonds is 5. The molecule has 0 bridgehead atoms. The molecule has 0 aliphatic heterocycles. The number of carbonyl (C=O) groups excluding carboxylic acids is 2. The molecular weight excluding hydrogens is 542 g/mol. The Morgan fingerprint density at radius 3 is 2.31 bits per heavy atom. The lowest BCUT2D eigenvalue weighted by Gasteiger charge is -2.10. The van der Waals surface area contributed by atoms with Gasteiger partial charge in [0.2, 0.25) is 5.91 Å². The van der Waals surface area contributed by atoms with Crippen molar-refractivity contribution >= 4 is 69.6 Å². The van der Waals surface area contributed by atoms with Crippen molar-refractivity contribution in [3.05, 3.63) is 93.0 Å². The summed E-state index contributed by atoms with van der Waals surface area (Å²) in [5, 5.41) is 14.3. The molecule has 0 heterocycles. The van der Waals surface area contributed by atoms with Crippen LogP contribution in [0.15, 0.2) is 54.6 Å². The van der Waals surface area contributed by atoms with Gasteiger partial charge in [-0.15, -0.1) is 23.2 Å². The fourth-order valence-corrected chi connectivity index (χ4v) is 4.78. The van der Waals surface area contributed by atoms with Crippen molar-refractivity contribution in [1.82, 2.24) is 0 Å². The van der Waals surface area contributed by atoms with Crippen molar-refractivity contribution in [1.29, 1.82) is 5.26 Å². The maximum Gasteiger partial charge on any atom is 0.258 e. The van der Waals surface area contributed by atoms with Crippen LogP contribution in [0, 0.1) is 28.9 Å². The summed E-state index contributed by atoms with van der Waals surface area (Å²) >= 11 is 24.7. The van der Waals surface area contributed by atoms with Crippen LogP contribution in [0.1, 0.15) is 27.4 Å². The first kappa shape index (κ1) is 25.2. The van der Waals surface area contributed by atoms with Crippen LogP contribution in [0.4, 0.5) is 20.2 Å². The summed E-state index contributed by atoms with van der Waals surface area (Å²) in [6.45, 7) is 0. The third-order valence-corrected chi connectivity index (χ3v) is 7.14. The standard InChI is InChI=1S/C24H13Cl4F2N3O2/c25-15-4-2-12(8-16(15)26)20-21(24(20,27)28)23(35)32-13-3-5-17(29)14(9-13)22(34)33-19-6-1-11(10-31)7-18(19)30/h1-9,20-21H,(H,32,35)(H,33,34). The van der Waals surface area contributed by atoms with Gasteiger partial charge in [0.1, 0.15) is 16.0 Å². The minimum Gasteiger partial charge on any atom is -0.326 e. The lowest BCUT2D eigenvalue weighted by molar-refractivity contribution is -0.117. The normalized spacial score (nSPS) is 17.9. The molecule has 5 nitrogen and oxygen atoms in total. The Morgan fingerprint density at radius 1 is 0.914 bits per heavy atom. The molecule has 2 atom stereocenters. The van der Waals surface area contributed by atoms with Crippen LogP contribution < -0.4 is 10.6 Å². The van der Waals surface area contributed by atoms with Crippen molar-refractivity contribution in [3.63, 3.8) is 0 Å². The van der Waals surface area contributed by atoms with Gasteiger partial charge < -0.3 is 10.6 Å². The number of anilines is 2. The summed E-state index contributed by atoms with van der Waals surface area (Å²) in [6.07, 6.45) is 0. The molecule has 4 rings (SSSR count). The van der Waals surface area contributed by atoms with Gasteiger partial charge in [0, 0.05) is 11.6 Å². The first-order valence-corrected chi connectivity index (χ1v) is 11.5. The molecule has 2 N–H and O–H groups in total. The quantitative estimate of drug-likeness (QED) is 0.336. The Bertz CT molecular complexity index is 1410. The highest BCUT2D eigenvalue weighted by Crippen LogP contribution is 2.65. The molecular formula is C24H13Cl4F2N3O2. The average Bonchev–Trinajstić information content (AvgIpc) is 3.40. The van der Waals surface area contributed by atoms with Gasteiger partial charge >= 0.3 is 0 Å². The smallest absolute Gasteiger partial charge is 0.258 e. The second kappa shape index (κ2) is 9.63. The number of nitriles is 1. The molecule has 0 spiro atoms. The molecule has 35 heavy (non-hydrogen) atoms. The zero-order valence-electron chi connectivity index (χ0n) is 17.4. The van der Waals surface area contributed by atoms with Gasteiger partial charge in [-0.3, -0.25) is 9.59 Å². The lowest BCUT2D eigenvalue weighted by atomic mass is 10.1. The molecule has 3 aromatic carbocycles. The van der Waals surface area contributed by atoms with E-state index in [1.807, 2.05) is 0 Å². The SMILES string of the molecule is N#Cc1ccc(NC(=O)c2cc(NC(=O)C3C(c4ccc(Cl)c(Cl)c4)C3(Cl)Cl)ccc2F)c(F)c1. The molecule has 0 saturated heterocycles. The van der Waals surface area contributed by atoms with Crippen molar-refractivity contribution in [2.45, 2.75) is 10.3 Å². The Balaban J connectivity index is 1.51. The first-order chi connectivity index (χ1) is 16.5. The highest BCUT2D eigenvalue weighted by Gasteiger charge is 2.67. The predicted octanol–water partition coefficient (Wildman–Crippen LogP) is 6.92. The van der Waals surface area contributed by atoms with Crippen LogP contribution in [-0.2, 0) is 4.79 Å². The summed E-state index contributed by atoms with van der Waals surface area (Å²) in [5.74, 6) is -4.67. The molecule has 3 aromatic rings. The molecule has 2 unspecified atom stereocenters. The van der Waals surface area contributed by atoms with Gasteiger partial charge in [0.25, 0.3) is 5.91 Å². The molecule has 1 fully saturated rings. The summed E-state index contributed by atoms with van der Waals surface area (Å²) in [5.41, 5.74) is 0.106.